The smallest absolute Gasteiger partial charge is 0.159 e. The average Bonchev–Trinajstić information content (AvgIpc) is 2.56. The van der Waals surface area contributed by atoms with E-state index in [1.54, 1.807) is 6.92 Å². The van der Waals surface area contributed by atoms with E-state index in [0.29, 0.717) is 0 Å². The molecule has 0 saturated carbocycles. The van der Waals surface area contributed by atoms with Crippen molar-refractivity contribution in [2.24, 2.45) is 5.92 Å². The first-order valence-electron chi connectivity index (χ1n) is 8.05. The molecular weight excluding hydrogens is 286 g/mol. The van der Waals surface area contributed by atoms with Crippen LogP contribution in [0.15, 0.2) is 54.6 Å². The highest BCUT2D eigenvalue weighted by Gasteiger charge is 2.11. The summed E-state index contributed by atoms with van der Waals surface area (Å²) in [7, 11) is 0. The Morgan fingerprint density at radius 3 is 2.09 bits per heavy atom. The van der Waals surface area contributed by atoms with Crippen LogP contribution >= 0.6 is 0 Å². The molecule has 0 saturated heterocycles. The molecule has 0 amide bonds. The topological polar surface area (TPSA) is 40.5 Å². The fourth-order valence-electron chi connectivity index (χ4n) is 2.63. The molecule has 0 fully saturated rings. The lowest BCUT2D eigenvalue weighted by Gasteiger charge is -2.25. The van der Waals surface area contributed by atoms with Crippen molar-refractivity contribution < 1.29 is 9.90 Å². The molecule has 0 bridgehead atoms. The monoisotopic (exact) mass is 311 g/mol. The maximum absolute atomic E-state index is 11.4. The fraction of sp³-hybridized carbons (Fsp3) is 0.350. The number of benzene rings is 2. The van der Waals surface area contributed by atoms with Gasteiger partial charge in [-0.1, -0.05) is 61.5 Å². The molecule has 0 aliphatic rings. The van der Waals surface area contributed by atoms with Crippen LogP contribution in [0.2, 0.25) is 0 Å². The number of hydrogen-bond acceptors (Lipinski definition) is 3. The summed E-state index contributed by atoms with van der Waals surface area (Å²) in [5.74, 6) is 0.321. The Hall–Kier alpha value is -1.97. The van der Waals surface area contributed by atoms with Gasteiger partial charge in [-0.3, -0.25) is 9.69 Å². The zero-order valence-corrected chi connectivity index (χ0v) is 13.9. The number of rotatable bonds is 8. The first-order valence-corrected chi connectivity index (χ1v) is 8.05. The zero-order valence-electron chi connectivity index (χ0n) is 13.9. The molecule has 122 valence electrons. The second-order valence-corrected chi connectivity index (χ2v) is 6.20. The van der Waals surface area contributed by atoms with E-state index in [1.165, 1.54) is 11.1 Å². The largest absolute Gasteiger partial charge is 0.396 e. The van der Waals surface area contributed by atoms with Crippen molar-refractivity contribution in [1.29, 1.82) is 0 Å². The molecule has 1 N–H and O–H groups in total. The highest BCUT2D eigenvalue weighted by Crippen LogP contribution is 2.13. The Morgan fingerprint density at radius 1 is 1.00 bits per heavy atom. The van der Waals surface area contributed by atoms with Gasteiger partial charge in [-0.25, -0.2) is 0 Å². The predicted molar refractivity (Wildman–Crippen MR) is 93.3 cm³/mol. The number of hydrogen-bond donors (Lipinski definition) is 1. The Kier molecular flexibility index (Phi) is 6.51. The number of Topliss-reactive ketones (excluding diaryl/α,β-unsaturated/α-hetero) is 1. The van der Waals surface area contributed by atoms with Crippen LogP contribution in [0.3, 0.4) is 0 Å². The van der Waals surface area contributed by atoms with E-state index in [2.05, 4.69) is 24.0 Å². The lowest BCUT2D eigenvalue weighted by molar-refractivity contribution is 0.101. The standard InChI is InChI=1S/C20H25NO2/c1-16(15-22)12-21(13-18-6-4-3-5-7-18)14-19-8-10-20(11-9-19)17(2)23/h3-11,16,22H,12-15H2,1-2H3. The third-order valence-corrected chi connectivity index (χ3v) is 3.90. The van der Waals surface area contributed by atoms with E-state index in [9.17, 15) is 9.90 Å². The third kappa shape index (κ3) is 5.62. The molecule has 0 aromatic heterocycles. The Morgan fingerprint density at radius 2 is 1.57 bits per heavy atom. The molecule has 2 aromatic carbocycles. The SMILES string of the molecule is CC(=O)c1ccc(CN(Cc2ccccc2)CC(C)CO)cc1. The van der Waals surface area contributed by atoms with Gasteiger partial charge in [-0.15, -0.1) is 0 Å². The number of carbonyl (C=O) groups is 1. The molecule has 1 atom stereocenters. The van der Waals surface area contributed by atoms with Crippen molar-refractivity contribution in [1.82, 2.24) is 4.90 Å². The molecule has 0 aliphatic carbocycles. The molecular formula is C20H25NO2. The van der Waals surface area contributed by atoms with Crippen LogP contribution in [-0.2, 0) is 13.1 Å². The molecule has 2 aromatic rings. The van der Waals surface area contributed by atoms with Gasteiger partial charge in [0, 0.05) is 31.8 Å². The first kappa shape index (κ1) is 17.4. The number of carbonyl (C=O) groups excluding carboxylic acids is 1. The summed E-state index contributed by atoms with van der Waals surface area (Å²) in [6.45, 7) is 6.31. The number of aliphatic hydroxyl groups is 1. The summed E-state index contributed by atoms with van der Waals surface area (Å²) in [5, 5.41) is 9.35. The molecule has 0 spiro atoms. The zero-order chi connectivity index (χ0) is 16.7. The van der Waals surface area contributed by atoms with E-state index in [4.69, 9.17) is 0 Å². The van der Waals surface area contributed by atoms with Crippen molar-refractivity contribution in [3.63, 3.8) is 0 Å². The van der Waals surface area contributed by atoms with Crippen molar-refractivity contribution in [3.8, 4) is 0 Å². The molecule has 0 heterocycles. The second kappa shape index (κ2) is 8.61. The Balaban J connectivity index is 2.08. The fourth-order valence-corrected chi connectivity index (χ4v) is 2.63. The Labute approximate surface area is 138 Å². The van der Waals surface area contributed by atoms with E-state index >= 15 is 0 Å². The second-order valence-electron chi connectivity index (χ2n) is 6.20. The lowest BCUT2D eigenvalue weighted by Crippen LogP contribution is -2.29. The summed E-state index contributed by atoms with van der Waals surface area (Å²) in [6.07, 6.45) is 0. The minimum atomic E-state index is 0.0894. The van der Waals surface area contributed by atoms with Crippen LogP contribution in [-0.4, -0.2) is 28.9 Å². The maximum Gasteiger partial charge on any atom is 0.159 e. The number of ketones is 1. The van der Waals surface area contributed by atoms with Crippen LogP contribution in [0.1, 0.15) is 35.3 Å². The quantitative estimate of drug-likeness (QED) is 0.758. The lowest BCUT2D eigenvalue weighted by atomic mass is 10.1. The molecule has 3 heteroatoms. The van der Waals surface area contributed by atoms with Gasteiger partial charge in [0.25, 0.3) is 0 Å². The average molecular weight is 311 g/mol. The molecule has 2 rings (SSSR count). The van der Waals surface area contributed by atoms with E-state index in [0.717, 1.165) is 25.2 Å². The van der Waals surface area contributed by atoms with Crippen molar-refractivity contribution in [2.75, 3.05) is 13.2 Å². The summed E-state index contributed by atoms with van der Waals surface area (Å²) < 4.78 is 0. The van der Waals surface area contributed by atoms with Gasteiger partial charge >= 0.3 is 0 Å². The van der Waals surface area contributed by atoms with Gasteiger partial charge in [0.05, 0.1) is 0 Å². The maximum atomic E-state index is 11.4. The van der Waals surface area contributed by atoms with E-state index < -0.39 is 0 Å². The highest BCUT2D eigenvalue weighted by molar-refractivity contribution is 5.93. The number of nitrogens with zero attached hydrogens (tertiary/aromatic N) is 1. The summed E-state index contributed by atoms with van der Waals surface area (Å²) >= 11 is 0. The van der Waals surface area contributed by atoms with Crippen LogP contribution < -0.4 is 0 Å². The molecule has 1 unspecified atom stereocenters. The van der Waals surface area contributed by atoms with E-state index in [-0.39, 0.29) is 18.3 Å². The predicted octanol–water partition coefficient (Wildman–Crippen LogP) is 3.52. The summed E-state index contributed by atoms with van der Waals surface area (Å²) in [4.78, 5) is 13.7. The first-order chi connectivity index (χ1) is 11.1. The molecule has 3 nitrogen and oxygen atoms in total. The third-order valence-electron chi connectivity index (χ3n) is 3.90. The Bertz CT molecular complexity index is 607. The van der Waals surface area contributed by atoms with Gasteiger partial charge in [-0.2, -0.15) is 0 Å². The molecule has 0 radical (unpaired) electrons. The van der Waals surface area contributed by atoms with E-state index in [1.807, 2.05) is 42.5 Å². The minimum absolute atomic E-state index is 0.0894. The van der Waals surface area contributed by atoms with Gasteiger partial charge < -0.3 is 5.11 Å². The van der Waals surface area contributed by atoms with Gasteiger partial charge in [0.15, 0.2) is 5.78 Å². The normalized spacial score (nSPS) is 12.3. The van der Waals surface area contributed by atoms with Crippen molar-refractivity contribution in [2.45, 2.75) is 26.9 Å². The molecule has 0 aliphatic heterocycles. The van der Waals surface area contributed by atoms with Gasteiger partial charge in [0.1, 0.15) is 0 Å². The van der Waals surface area contributed by atoms with Gasteiger partial charge in [-0.05, 0) is 24.0 Å². The molecule has 23 heavy (non-hydrogen) atoms. The minimum Gasteiger partial charge on any atom is -0.396 e. The van der Waals surface area contributed by atoms with Crippen molar-refractivity contribution in [3.05, 3.63) is 71.3 Å². The van der Waals surface area contributed by atoms with Crippen LogP contribution in [0.25, 0.3) is 0 Å². The summed E-state index contributed by atoms with van der Waals surface area (Å²) in [6, 6.07) is 18.1. The van der Waals surface area contributed by atoms with Crippen LogP contribution in [0.5, 0.6) is 0 Å². The van der Waals surface area contributed by atoms with Crippen LogP contribution in [0.4, 0.5) is 0 Å². The van der Waals surface area contributed by atoms with Crippen molar-refractivity contribution >= 4 is 5.78 Å². The van der Waals surface area contributed by atoms with Gasteiger partial charge in [0.2, 0.25) is 0 Å². The van der Waals surface area contributed by atoms with Crippen LogP contribution in [0, 0.1) is 5.92 Å². The highest BCUT2D eigenvalue weighted by atomic mass is 16.3. The summed E-state index contributed by atoms with van der Waals surface area (Å²) in [5.41, 5.74) is 3.18. The number of aliphatic hydroxyl groups excluding tert-OH is 1.